The molecule has 1 heteroatoms. The molecule has 0 aliphatic heterocycles. The van der Waals surface area contributed by atoms with Crippen molar-refractivity contribution in [1.82, 2.24) is 0 Å². The standard InChI is InChI=1S/C20H24O/c1-3-5-11-18-12-7-8-13-19(18)14-17-20(21-4-2)15-9-6-10-16-20/h6-10,12-13,15H,3-5,11,16H2,1-2H3. The van der Waals surface area contributed by atoms with Gasteiger partial charge in [0.1, 0.15) is 0 Å². The predicted octanol–water partition coefficient (Wildman–Crippen LogP) is 4.67. The molecule has 0 N–H and O–H groups in total. The summed E-state index contributed by atoms with van der Waals surface area (Å²) in [5.41, 5.74) is 2.02. The average Bonchev–Trinajstić information content (AvgIpc) is 2.53. The van der Waals surface area contributed by atoms with Gasteiger partial charge in [0, 0.05) is 18.6 Å². The SMILES string of the molecule is CCCCc1ccccc1C#CC1(OCC)C=CC=CC1. The van der Waals surface area contributed by atoms with Gasteiger partial charge < -0.3 is 4.74 Å². The maximum absolute atomic E-state index is 5.90. The van der Waals surface area contributed by atoms with Crippen LogP contribution in [0.4, 0.5) is 0 Å². The van der Waals surface area contributed by atoms with E-state index in [1.807, 2.05) is 19.1 Å². The van der Waals surface area contributed by atoms with Crippen molar-refractivity contribution in [3.05, 3.63) is 59.7 Å². The van der Waals surface area contributed by atoms with Crippen LogP contribution in [0.2, 0.25) is 0 Å². The first-order chi connectivity index (χ1) is 10.3. The number of allylic oxidation sites excluding steroid dienone is 2. The van der Waals surface area contributed by atoms with Gasteiger partial charge in [0.05, 0.1) is 0 Å². The highest BCUT2D eigenvalue weighted by molar-refractivity contribution is 5.44. The summed E-state index contributed by atoms with van der Waals surface area (Å²) in [7, 11) is 0. The van der Waals surface area contributed by atoms with Crippen molar-refractivity contribution in [2.45, 2.75) is 45.1 Å². The first-order valence-electron chi connectivity index (χ1n) is 7.89. The Balaban J connectivity index is 2.24. The zero-order valence-corrected chi connectivity index (χ0v) is 13.1. The fourth-order valence-corrected chi connectivity index (χ4v) is 2.49. The van der Waals surface area contributed by atoms with E-state index >= 15 is 0 Å². The lowest BCUT2D eigenvalue weighted by Crippen LogP contribution is -2.28. The molecule has 1 nitrogen and oxygen atoms in total. The maximum atomic E-state index is 5.90. The predicted molar refractivity (Wildman–Crippen MR) is 89.2 cm³/mol. The molecule has 1 aromatic rings. The van der Waals surface area contributed by atoms with E-state index in [4.69, 9.17) is 4.74 Å². The molecule has 1 aliphatic rings. The Morgan fingerprint density at radius 2 is 2.05 bits per heavy atom. The molecule has 21 heavy (non-hydrogen) atoms. The number of benzene rings is 1. The van der Waals surface area contributed by atoms with Gasteiger partial charge in [-0.2, -0.15) is 0 Å². The van der Waals surface area contributed by atoms with Crippen LogP contribution in [0.3, 0.4) is 0 Å². The van der Waals surface area contributed by atoms with Gasteiger partial charge in [-0.05, 0) is 37.5 Å². The summed E-state index contributed by atoms with van der Waals surface area (Å²) in [6.07, 6.45) is 12.6. The van der Waals surface area contributed by atoms with Gasteiger partial charge in [0.2, 0.25) is 0 Å². The number of unbranched alkanes of at least 4 members (excludes halogenated alkanes) is 1. The average molecular weight is 280 g/mol. The number of hydrogen-bond acceptors (Lipinski definition) is 1. The minimum atomic E-state index is -0.457. The minimum absolute atomic E-state index is 0.457. The highest BCUT2D eigenvalue weighted by Crippen LogP contribution is 2.22. The van der Waals surface area contributed by atoms with E-state index in [9.17, 15) is 0 Å². The van der Waals surface area contributed by atoms with E-state index in [-0.39, 0.29) is 0 Å². The molecule has 2 rings (SSSR count). The van der Waals surface area contributed by atoms with Crippen LogP contribution < -0.4 is 0 Å². The molecule has 0 saturated heterocycles. The van der Waals surface area contributed by atoms with Gasteiger partial charge in [-0.1, -0.05) is 61.6 Å². The summed E-state index contributed by atoms with van der Waals surface area (Å²) < 4.78 is 5.90. The molecule has 1 atom stereocenters. The Morgan fingerprint density at radius 1 is 1.19 bits per heavy atom. The maximum Gasteiger partial charge on any atom is 0.151 e. The van der Waals surface area contributed by atoms with E-state index in [1.54, 1.807) is 0 Å². The van der Waals surface area contributed by atoms with Crippen molar-refractivity contribution in [3.63, 3.8) is 0 Å². The summed E-state index contributed by atoms with van der Waals surface area (Å²) in [5, 5.41) is 0. The van der Waals surface area contributed by atoms with E-state index in [0.29, 0.717) is 6.61 Å². The molecule has 0 radical (unpaired) electrons. The normalized spacial score (nSPS) is 20.1. The minimum Gasteiger partial charge on any atom is -0.359 e. The third-order valence-electron chi connectivity index (χ3n) is 3.66. The molecule has 0 spiro atoms. The first kappa shape index (κ1) is 15.6. The quantitative estimate of drug-likeness (QED) is 0.712. The molecule has 110 valence electrons. The number of hydrogen-bond donors (Lipinski definition) is 0. The zero-order valence-electron chi connectivity index (χ0n) is 13.1. The Morgan fingerprint density at radius 3 is 2.76 bits per heavy atom. The van der Waals surface area contributed by atoms with Gasteiger partial charge in [-0.3, -0.25) is 0 Å². The van der Waals surface area contributed by atoms with Gasteiger partial charge >= 0.3 is 0 Å². The third kappa shape index (κ3) is 4.34. The Labute approximate surface area is 128 Å². The fraction of sp³-hybridized carbons (Fsp3) is 0.400. The van der Waals surface area contributed by atoms with Crippen LogP contribution in [0.15, 0.2) is 48.6 Å². The largest absolute Gasteiger partial charge is 0.359 e. The molecular weight excluding hydrogens is 256 g/mol. The Bertz CT molecular complexity index is 571. The van der Waals surface area contributed by atoms with Crippen molar-refractivity contribution in [2.24, 2.45) is 0 Å². The van der Waals surface area contributed by atoms with Crippen LogP contribution in [0.5, 0.6) is 0 Å². The molecule has 0 aromatic heterocycles. The van der Waals surface area contributed by atoms with Crippen LogP contribution in [-0.4, -0.2) is 12.2 Å². The zero-order chi connectivity index (χ0) is 15.0. The first-order valence-corrected chi connectivity index (χ1v) is 7.89. The molecule has 1 aromatic carbocycles. The van der Waals surface area contributed by atoms with Crippen LogP contribution in [-0.2, 0) is 11.2 Å². The van der Waals surface area contributed by atoms with E-state index in [0.717, 1.165) is 18.4 Å². The molecule has 0 saturated carbocycles. The van der Waals surface area contributed by atoms with Crippen molar-refractivity contribution in [1.29, 1.82) is 0 Å². The van der Waals surface area contributed by atoms with Crippen molar-refractivity contribution < 1.29 is 4.74 Å². The van der Waals surface area contributed by atoms with Crippen LogP contribution >= 0.6 is 0 Å². The summed E-state index contributed by atoms with van der Waals surface area (Å²) in [6.45, 7) is 4.91. The summed E-state index contributed by atoms with van der Waals surface area (Å²) in [5.74, 6) is 6.72. The van der Waals surface area contributed by atoms with Crippen molar-refractivity contribution >= 4 is 0 Å². The van der Waals surface area contributed by atoms with Crippen LogP contribution in [0, 0.1) is 11.8 Å². The second kappa shape index (κ2) is 7.86. The highest BCUT2D eigenvalue weighted by atomic mass is 16.5. The van der Waals surface area contributed by atoms with Gasteiger partial charge in [0.15, 0.2) is 5.60 Å². The topological polar surface area (TPSA) is 9.23 Å². The van der Waals surface area contributed by atoms with Gasteiger partial charge in [-0.25, -0.2) is 0 Å². The van der Waals surface area contributed by atoms with Crippen molar-refractivity contribution in [3.8, 4) is 11.8 Å². The molecule has 1 aliphatic carbocycles. The van der Waals surface area contributed by atoms with Crippen molar-refractivity contribution in [2.75, 3.05) is 6.61 Å². The fourth-order valence-electron chi connectivity index (χ4n) is 2.49. The van der Waals surface area contributed by atoms with Gasteiger partial charge in [-0.15, -0.1) is 0 Å². The smallest absolute Gasteiger partial charge is 0.151 e. The van der Waals surface area contributed by atoms with Crippen LogP contribution in [0.1, 0.15) is 44.2 Å². The molecule has 0 amide bonds. The monoisotopic (exact) mass is 280 g/mol. The summed E-state index contributed by atoms with van der Waals surface area (Å²) >= 11 is 0. The van der Waals surface area contributed by atoms with Crippen LogP contribution in [0.25, 0.3) is 0 Å². The molecular formula is C20H24O. The van der Waals surface area contributed by atoms with E-state index in [1.165, 1.54) is 18.4 Å². The second-order valence-corrected chi connectivity index (χ2v) is 5.32. The number of rotatable bonds is 5. The second-order valence-electron chi connectivity index (χ2n) is 5.32. The number of aryl methyl sites for hydroxylation is 1. The molecule has 0 fully saturated rings. The van der Waals surface area contributed by atoms with Gasteiger partial charge in [0.25, 0.3) is 0 Å². The molecule has 0 heterocycles. The Hall–Kier alpha value is -1.78. The van der Waals surface area contributed by atoms with E-state index in [2.05, 4.69) is 55.2 Å². The summed E-state index contributed by atoms with van der Waals surface area (Å²) in [4.78, 5) is 0. The lowest BCUT2D eigenvalue weighted by molar-refractivity contribution is 0.0455. The Kier molecular flexibility index (Phi) is 5.84. The molecule has 1 unspecified atom stereocenters. The third-order valence-corrected chi connectivity index (χ3v) is 3.66. The number of ether oxygens (including phenoxy) is 1. The molecule has 0 bridgehead atoms. The lowest BCUT2D eigenvalue weighted by atomic mass is 9.94. The lowest BCUT2D eigenvalue weighted by Gasteiger charge is -2.25. The summed E-state index contributed by atoms with van der Waals surface area (Å²) in [6, 6.07) is 8.45. The van der Waals surface area contributed by atoms with E-state index < -0.39 is 5.60 Å². The highest BCUT2D eigenvalue weighted by Gasteiger charge is 2.24.